The van der Waals surface area contributed by atoms with Gasteiger partial charge in [-0.2, -0.15) is 0 Å². The number of phenols is 1. The first kappa shape index (κ1) is 20.1. The Kier molecular flexibility index (Phi) is 5.39. The minimum atomic E-state index is -3.92. The quantitative estimate of drug-likeness (QED) is 0.399. The highest BCUT2D eigenvalue weighted by molar-refractivity contribution is 7.94. The molecule has 3 rings (SSSR count). The van der Waals surface area contributed by atoms with Gasteiger partial charge in [0.1, 0.15) is 9.96 Å². The first-order chi connectivity index (χ1) is 13.7. The average Bonchev–Trinajstić information content (AvgIpc) is 3.20. The Balaban J connectivity index is 2.09. The molecule has 0 aliphatic rings. The third-order valence-corrected chi connectivity index (χ3v) is 6.54. The fraction of sp³-hybridized carbons (Fsp3) is 0. The number of urea groups is 1. The summed E-state index contributed by atoms with van der Waals surface area (Å²) in [6, 6.07) is 11.0. The number of hydrogen-bond acceptors (Lipinski definition) is 7. The van der Waals surface area contributed by atoms with E-state index in [2.05, 4.69) is 4.72 Å². The second kappa shape index (κ2) is 7.77. The molecule has 0 aliphatic heterocycles. The molecule has 2 aromatic carbocycles. The Labute approximate surface area is 169 Å². The second-order valence-corrected chi connectivity index (χ2v) is 8.52. The molecule has 150 valence electrons. The Morgan fingerprint density at radius 3 is 2.45 bits per heavy atom. The van der Waals surface area contributed by atoms with Crippen LogP contribution in [0, 0.1) is 10.1 Å². The molecule has 0 bridgehead atoms. The largest absolute Gasteiger partial charge is 0.505 e. The number of carbonyl (C=O) groups is 1. The summed E-state index contributed by atoms with van der Waals surface area (Å²) in [6.45, 7) is 0. The van der Waals surface area contributed by atoms with Crippen LogP contribution in [-0.2, 0) is 10.0 Å². The highest BCUT2D eigenvalue weighted by Crippen LogP contribution is 2.39. The van der Waals surface area contributed by atoms with Crippen molar-refractivity contribution in [3.05, 3.63) is 70.1 Å². The van der Waals surface area contributed by atoms with Crippen LogP contribution in [-0.4, -0.2) is 24.5 Å². The number of primary amides is 1. The van der Waals surface area contributed by atoms with E-state index in [-0.39, 0.29) is 27.0 Å². The summed E-state index contributed by atoms with van der Waals surface area (Å²) < 4.78 is 27.6. The molecule has 0 fully saturated rings. The van der Waals surface area contributed by atoms with E-state index < -0.39 is 26.7 Å². The van der Waals surface area contributed by atoms with Crippen molar-refractivity contribution < 1.29 is 23.2 Å². The standard InChI is InChI=1S/C17H14N4O6S2/c18-17(23)20(14-8-7-11(21(24)25)10-15(14)22)13-5-2-1-4-12(13)19-29(26,27)16-6-3-9-28-16/h1-10,19,22H,(H2,18,23). The van der Waals surface area contributed by atoms with Gasteiger partial charge in [0.2, 0.25) is 0 Å². The minimum absolute atomic E-state index is 0.0254. The van der Waals surface area contributed by atoms with Crippen LogP contribution < -0.4 is 15.4 Å². The maximum absolute atomic E-state index is 12.6. The number of aromatic hydroxyl groups is 1. The van der Waals surface area contributed by atoms with Crippen LogP contribution >= 0.6 is 11.3 Å². The molecule has 0 atom stereocenters. The maximum Gasteiger partial charge on any atom is 0.324 e. The number of nitrogens with one attached hydrogen (secondary N) is 1. The smallest absolute Gasteiger partial charge is 0.324 e. The molecule has 0 spiro atoms. The van der Waals surface area contributed by atoms with E-state index in [1.807, 2.05) is 0 Å². The molecule has 0 saturated carbocycles. The fourth-order valence-electron chi connectivity index (χ4n) is 2.55. The monoisotopic (exact) mass is 434 g/mol. The van der Waals surface area contributed by atoms with Gasteiger partial charge in [-0.3, -0.25) is 19.7 Å². The number of rotatable bonds is 6. The lowest BCUT2D eigenvalue weighted by molar-refractivity contribution is -0.384. The summed E-state index contributed by atoms with van der Waals surface area (Å²) in [4.78, 5) is 23.2. The normalized spacial score (nSPS) is 11.0. The number of thiophene rings is 1. The molecular formula is C17H14N4O6S2. The summed E-state index contributed by atoms with van der Waals surface area (Å²) in [7, 11) is -3.92. The van der Waals surface area contributed by atoms with E-state index in [9.17, 15) is 28.4 Å². The molecule has 0 aliphatic carbocycles. The molecule has 1 aromatic heterocycles. The zero-order valence-corrected chi connectivity index (χ0v) is 16.2. The number of nitrogens with zero attached hydrogens (tertiary/aromatic N) is 2. The predicted molar refractivity (Wildman–Crippen MR) is 108 cm³/mol. The molecule has 3 aromatic rings. The first-order valence-electron chi connectivity index (χ1n) is 7.93. The van der Waals surface area contributed by atoms with Crippen molar-refractivity contribution in [2.75, 3.05) is 9.62 Å². The zero-order valence-electron chi connectivity index (χ0n) is 14.6. The molecule has 29 heavy (non-hydrogen) atoms. The fourth-order valence-corrected chi connectivity index (χ4v) is 4.62. The van der Waals surface area contributed by atoms with Gasteiger partial charge >= 0.3 is 6.03 Å². The number of nitrogens with two attached hydrogens (primary N) is 1. The van der Waals surface area contributed by atoms with Crippen molar-refractivity contribution in [3.63, 3.8) is 0 Å². The van der Waals surface area contributed by atoms with Crippen molar-refractivity contribution in [1.82, 2.24) is 0 Å². The van der Waals surface area contributed by atoms with Gasteiger partial charge in [-0.05, 0) is 29.6 Å². The first-order valence-corrected chi connectivity index (χ1v) is 10.3. The van der Waals surface area contributed by atoms with Crippen LogP contribution in [0.4, 0.5) is 27.5 Å². The van der Waals surface area contributed by atoms with Crippen LogP contribution in [0.15, 0.2) is 64.2 Å². The Hall–Kier alpha value is -3.64. The lowest BCUT2D eigenvalue weighted by Crippen LogP contribution is -2.32. The number of anilines is 3. The van der Waals surface area contributed by atoms with E-state index in [4.69, 9.17) is 5.73 Å². The SMILES string of the molecule is NC(=O)N(c1ccc([N+](=O)[O-])cc1O)c1ccccc1NS(=O)(=O)c1cccs1. The number of phenolic OH excluding ortho intramolecular Hbond substituents is 1. The lowest BCUT2D eigenvalue weighted by atomic mass is 10.2. The van der Waals surface area contributed by atoms with Gasteiger partial charge in [-0.25, -0.2) is 13.2 Å². The molecule has 0 radical (unpaired) electrons. The summed E-state index contributed by atoms with van der Waals surface area (Å²) in [5, 5.41) is 22.7. The summed E-state index contributed by atoms with van der Waals surface area (Å²) >= 11 is 1.01. The summed E-state index contributed by atoms with van der Waals surface area (Å²) in [5.41, 5.74) is 4.98. The topological polar surface area (TPSA) is 156 Å². The van der Waals surface area contributed by atoms with Crippen molar-refractivity contribution >= 4 is 50.1 Å². The molecule has 0 saturated heterocycles. The number of nitro groups is 1. The Morgan fingerprint density at radius 1 is 1.14 bits per heavy atom. The van der Waals surface area contributed by atoms with Crippen LogP contribution in [0.2, 0.25) is 0 Å². The van der Waals surface area contributed by atoms with Crippen LogP contribution in [0.25, 0.3) is 0 Å². The Morgan fingerprint density at radius 2 is 1.86 bits per heavy atom. The highest BCUT2D eigenvalue weighted by Gasteiger charge is 2.25. The van der Waals surface area contributed by atoms with E-state index in [0.29, 0.717) is 0 Å². The Bertz CT molecular complexity index is 1180. The van der Waals surface area contributed by atoms with Crippen LogP contribution in [0.3, 0.4) is 0 Å². The lowest BCUT2D eigenvalue weighted by Gasteiger charge is -2.24. The van der Waals surface area contributed by atoms with E-state index in [1.165, 1.54) is 24.3 Å². The molecule has 1 heterocycles. The second-order valence-electron chi connectivity index (χ2n) is 5.66. The third-order valence-electron chi connectivity index (χ3n) is 3.78. The highest BCUT2D eigenvalue weighted by atomic mass is 32.2. The molecule has 10 nitrogen and oxygen atoms in total. The van der Waals surface area contributed by atoms with Crippen LogP contribution in [0.1, 0.15) is 0 Å². The van der Waals surface area contributed by atoms with Gasteiger partial charge in [0, 0.05) is 6.07 Å². The van der Waals surface area contributed by atoms with Crippen molar-refractivity contribution in [1.29, 1.82) is 0 Å². The number of benzene rings is 2. The number of hydrogen-bond donors (Lipinski definition) is 3. The minimum Gasteiger partial charge on any atom is -0.505 e. The number of carbonyl (C=O) groups excluding carboxylic acids is 1. The average molecular weight is 434 g/mol. The van der Waals surface area contributed by atoms with E-state index >= 15 is 0 Å². The van der Waals surface area contributed by atoms with E-state index in [1.54, 1.807) is 17.5 Å². The van der Waals surface area contributed by atoms with Gasteiger partial charge in [-0.1, -0.05) is 18.2 Å². The number of nitro benzene ring substituents is 1. The zero-order chi connectivity index (χ0) is 21.2. The van der Waals surface area contributed by atoms with Crippen LogP contribution in [0.5, 0.6) is 5.75 Å². The van der Waals surface area contributed by atoms with Gasteiger partial charge in [0.15, 0.2) is 0 Å². The van der Waals surface area contributed by atoms with Crippen molar-refractivity contribution in [2.45, 2.75) is 4.21 Å². The number of para-hydroxylation sites is 2. The molecular weight excluding hydrogens is 420 g/mol. The van der Waals surface area contributed by atoms with Crippen molar-refractivity contribution in [2.24, 2.45) is 5.73 Å². The van der Waals surface area contributed by atoms with Gasteiger partial charge in [0.25, 0.3) is 15.7 Å². The number of amides is 2. The van der Waals surface area contributed by atoms with E-state index in [0.717, 1.165) is 34.4 Å². The number of sulfonamides is 1. The molecule has 2 amide bonds. The molecule has 0 unspecified atom stereocenters. The van der Waals surface area contributed by atoms with Crippen molar-refractivity contribution in [3.8, 4) is 5.75 Å². The molecule has 12 heteroatoms. The van der Waals surface area contributed by atoms with Gasteiger partial charge in [0.05, 0.1) is 28.1 Å². The van der Waals surface area contributed by atoms with Gasteiger partial charge < -0.3 is 10.8 Å². The summed E-state index contributed by atoms with van der Waals surface area (Å²) in [6.07, 6.45) is 0. The molecule has 4 N–H and O–H groups in total. The predicted octanol–water partition coefficient (Wildman–Crippen LogP) is 3.38. The maximum atomic E-state index is 12.6. The third kappa shape index (κ3) is 4.12. The summed E-state index contributed by atoms with van der Waals surface area (Å²) in [5.74, 6) is -0.575. The number of non-ortho nitro benzene ring substituents is 1. The van der Waals surface area contributed by atoms with Gasteiger partial charge in [-0.15, -0.1) is 11.3 Å².